The van der Waals surface area contributed by atoms with E-state index >= 15 is 0 Å². The highest BCUT2D eigenvalue weighted by Gasteiger charge is 2.13. The van der Waals surface area contributed by atoms with Crippen molar-refractivity contribution in [3.8, 4) is 0 Å². The maximum Gasteiger partial charge on any atom is 0.0419 e. The Labute approximate surface area is 96.7 Å². The van der Waals surface area contributed by atoms with Gasteiger partial charge < -0.3 is 5.73 Å². The van der Waals surface area contributed by atoms with Crippen LogP contribution in [0.4, 0.5) is 0 Å². The van der Waals surface area contributed by atoms with Crippen molar-refractivity contribution in [2.75, 3.05) is 5.75 Å². The van der Waals surface area contributed by atoms with Gasteiger partial charge in [0.15, 0.2) is 0 Å². The van der Waals surface area contributed by atoms with Gasteiger partial charge in [0.2, 0.25) is 0 Å². The molecule has 0 spiro atoms. The first-order chi connectivity index (χ1) is 6.97. The number of pyridine rings is 1. The lowest BCUT2D eigenvalue weighted by atomic mass is 10.2. The maximum atomic E-state index is 6.05. The zero-order valence-corrected chi connectivity index (χ0v) is 10.6. The van der Waals surface area contributed by atoms with Crippen molar-refractivity contribution >= 4 is 11.8 Å². The summed E-state index contributed by atoms with van der Waals surface area (Å²) in [7, 11) is 0. The van der Waals surface area contributed by atoms with Crippen molar-refractivity contribution < 1.29 is 0 Å². The highest BCUT2D eigenvalue weighted by molar-refractivity contribution is 8.00. The molecule has 0 saturated carbocycles. The lowest BCUT2D eigenvalue weighted by Gasteiger charge is -2.20. The monoisotopic (exact) mass is 224 g/mol. The summed E-state index contributed by atoms with van der Waals surface area (Å²) in [6.07, 6.45) is 2.68. The van der Waals surface area contributed by atoms with Crippen molar-refractivity contribution in [1.29, 1.82) is 0 Å². The third kappa shape index (κ3) is 5.80. The molecule has 84 valence electrons. The van der Waals surface area contributed by atoms with Gasteiger partial charge in [0, 0.05) is 34.9 Å². The van der Waals surface area contributed by atoms with Gasteiger partial charge in [0.05, 0.1) is 0 Å². The van der Waals surface area contributed by atoms with E-state index in [9.17, 15) is 0 Å². The molecule has 0 amide bonds. The zero-order valence-electron chi connectivity index (χ0n) is 9.73. The molecule has 0 saturated heterocycles. The summed E-state index contributed by atoms with van der Waals surface area (Å²) in [5.41, 5.74) is 7.13. The van der Waals surface area contributed by atoms with Crippen molar-refractivity contribution in [3.63, 3.8) is 0 Å². The van der Waals surface area contributed by atoms with Crippen LogP contribution >= 0.6 is 11.8 Å². The highest BCUT2D eigenvalue weighted by atomic mass is 32.2. The summed E-state index contributed by atoms with van der Waals surface area (Å²) in [6, 6.07) is 6.16. The van der Waals surface area contributed by atoms with Gasteiger partial charge in [-0.2, -0.15) is 11.8 Å². The molecule has 15 heavy (non-hydrogen) atoms. The van der Waals surface area contributed by atoms with Crippen LogP contribution in [0.1, 0.15) is 26.5 Å². The minimum Gasteiger partial charge on any atom is -0.327 e. The van der Waals surface area contributed by atoms with Gasteiger partial charge >= 0.3 is 0 Å². The largest absolute Gasteiger partial charge is 0.327 e. The van der Waals surface area contributed by atoms with Crippen molar-refractivity contribution in [2.24, 2.45) is 5.73 Å². The average molecular weight is 224 g/mol. The Bertz CT molecular complexity index is 279. The molecule has 1 aromatic heterocycles. The molecule has 0 aromatic carbocycles. The molecule has 2 N–H and O–H groups in total. The first-order valence-electron chi connectivity index (χ1n) is 5.27. The first-order valence-corrected chi connectivity index (χ1v) is 6.25. The Morgan fingerprint density at radius 1 is 1.40 bits per heavy atom. The van der Waals surface area contributed by atoms with Crippen LogP contribution in [0.3, 0.4) is 0 Å². The van der Waals surface area contributed by atoms with Crippen molar-refractivity contribution in [3.05, 3.63) is 30.1 Å². The van der Waals surface area contributed by atoms with Crippen LogP contribution in [-0.4, -0.2) is 21.5 Å². The topological polar surface area (TPSA) is 38.9 Å². The fraction of sp³-hybridized carbons (Fsp3) is 0.583. The fourth-order valence-corrected chi connectivity index (χ4v) is 2.04. The van der Waals surface area contributed by atoms with E-state index in [0.717, 1.165) is 17.9 Å². The molecular weight excluding hydrogens is 204 g/mol. The van der Waals surface area contributed by atoms with Gasteiger partial charge in [0.25, 0.3) is 0 Å². The molecule has 0 aliphatic rings. The predicted molar refractivity (Wildman–Crippen MR) is 68.1 cm³/mol. The Morgan fingerprint density at radius 3 is 2.67 bits per heavy atom. The molecule has 1 rings (SSSR count). The van der Waals surface area contributed by atoms with Gasteiger partial charge in [-0.25, -0.2) is 0 Å². The van der Waals surface area contributed by atoms with Crippen LogP contribution in [0.15, 0.2) is 24.4 Å². The van der Waals surface area contributed by atoms with Crippen LogP contribution in [0.5, 0.6) is 0 Å². The van der Waals surface area contributed by atoms with Crippen molar-refractivity contribution in [2.45, 2.75) is 38.0 Å². The summed E-state index contributed by atoms with van der Waals surface area (Å²) in [5, 5.41) is 0. The van der Waals surface area contributed by atoms with Gasteiger partial charge in [-0.15, -0.1) is 0 Å². The predicted octanol–water partition coefficient (Wildman–Crippen LogP) is 2.48. The van der Waals surface area contributed by atoms with E-state index in [-0.39, 0.29) is 6.04 Å². The van der Waals surface area contributed by atoms with Gasteiger partial charge in [-0.1, -0.05) is 26.8 Å². The first kappa shape index (κ1) is 12.5. The third-order valence-corrected chi connectivity index (χ3v) is 3.39. The molecular formula is C12H20N2S. The fourth-order valence-electron chi connectivity index (χ4n) is 1.20. The minimum atomic E-state index is 0.198. The number of hydrogen-bond donors (Lipinski definition) is 1. The van der Waals surface area contributed by atoms with E-state index in [1.54, 1.807) is 0 Å². The van der Waals surface area contributed by atoms with Crippen LogP contribution in [-0.2, 0) is 6.42 Å². The minimum absolute atomic E-state index is 0.198. The van der Waals surface area contributed by atoms with Crippen LogP contribution in [0, 0.1) is 0 Å². The Morgan fingerprint density at radius 2 is 2.13 bits per heavy atom. The number of nitrogens with zero attached hydrogens (tertiary/aromatic N) is 1. The van der Waals surface area contributed by atoms with E-state index in [4.69, 9.17) is 5.73 Å². The van der Waals surface area contributed by atoms with E-state index in [1.807, 2.05) is 36.2 Å². The molecule has 1 heterocycles. The van der Waals surface area contributed by atoms with Crippen molar-refractivity contribution in [1.82, 2.24) is 4.98 Å². The van der Waals surface area contributed by atoms with Crippen LogP contribution in [0.25, 0.3) is 0 Å². The molecule has 3 heteroatoms. The molecule has 0 bridgehead atoms. The van der Waals surface area contributed by atoms with Gasteiger partial charge in [-0.05, 0) is 12.1 Å². The standard InChI is InChI=1S/C12H20N2S/c1-12(2,3)15-9-10(13)8-11-6-4-5-7-14-11/h4-7,10H,8-9,13H2,1-3H3. The Hall–Kier alpha value is -0.540. The van der Waals surface area contributed by atoms with Gasteiger partial charge in [-0.3, -0.25) is 4.98 Å². The second-order valence-electron chi connectivity index (χ2n) is 4.71. The number of hydrogen-bond acceptors (Lipinski definition) is 3. The molecule has 1 aromatic rings. The lowest BCUT2D eigenvalue weighted by Crippen LogP contribution is -2.28. The van der Waals surface area contributed by atoms with E-state index < -0.39 is 0 Å². The lowest BCUT2D eigenvalue weighted by molar-refractivity contribution is 0.721. The quantitative estimate of drug-likeness (QED) is 0.854. The second-order valence-corrected chi connectivity index (χ2v) is 6.56. The molecule has 2 nitrogen and oxygen atoms in total. The van der Waals surface area contributed by atoms with Crippen LogP contribution < -0.4 is 5.73 Å². The van der Waals surface area contributed by atoms with Gasteiger partial charge in [0.1, 0.15) is 0 Å². The smallest absolute Gasteiger partial charge is 0.0419 e. The molecule has 0 fully saturated rings. The van der Waals surface area contributed by atoms with Crippen LogP contribution in [0.2, 0.25) is 0 Å². The molecule has 0 aliphatic heterocycles. The number of thioether (sulfide) groups is 1. The molecule has 1 atom stereocenters. The molecule has 0 aliphatic carbocycles. The zero-order chi connectivity index (χ0) is 11.3. The third-order valence-electron chi connectivity index (χ3n) is 1.93. The Kier molecular flexibility index (Phi) is 4.61. The summed E-state index contributed by atoms with van der Waals surface area (Å²) >= 11 is 1.91. The molecule has 1 unspecified atom stereocenters. The van der Waals surface area contributed by atoms with E-state index in [2.05, 4.69) is 25.8 Å². The number of aromatic nitrogens is 1. The normalized spacial score (nSPS) is 13.9. The van der Waals surface area contributed by atoms with E-state index in [0.29, 0.717) is 4.75 Å². The maximum absolute atomic E-state index is 6.05. The second kappa shape index (κ2) is 5.52. The summed E-state index contributed by atoms with van der Waals surface area (Å²) in [4.78, 5) is 4.27. The summed E-state index contributed by atoms with van der Waals surface area (Å²) < 4.78 is 0.293. The highest BCUT2D eigenvalue weighted by Crippen LogP contribution is 2.23. The SMILES string of the molecule is CC(C)(C)SCC(N)Cc1ccccn1. The number of rotatable bonds is 4. The molecule has 0 radical (unpaired) electrons. The average Bonchev–Trinajstić information content (AvgIpc) is 2.15. The Balaban J connectivity index is 2.34. The number of nitrogens with two attached hydrogens (primary N) is 1. The summed E-state index contributed by atoms with van der Waals surface area (Å²) in [6.45, 7) is 6.64. The van der Waals surface area contributed by atoms with E-state index in [1.165, 1.54) is 0 Å². The summed E-state index contributed by atoms with van der Waals surface area (Å²) in [5.74, 6) is 0.986.